The van der Waals surface area contributed by atoms with Gasteiger partial charge in [-0.2, -0.15) is 0 Å². The van der Waals surface area contributed by atoms with Gasteiger partial charge >= 0.3 is 0 Å². The van der Waals surface area contributed by atoms with Gasteiger partial charge < -0.3 is 10.3 Å². The van der Waals surface area contributed by atoms with E-state index >= 15 is 0 Å². The van der Waals surface area contributed by atoms with E-state index in [1.807, 2.05) is 0 Å². The zero-order valence-corrected chi connectivity index (χ0v) is 13.7. The van der Waals surface area contributed by atoms with Gasteiger partial charge in [0.1, 0.15) is 23.2 Å². The minimum atomic E-state index is -0.277. The Morgan fingerprint density at radius 2 is 2.10 bits per heavy atom. The fourth-order valence-corrected chi connectivity index (χ4v) is 3.62. The van der Waals surface area contributed by atoms with Crippen molar-refractivity contribution in [1.29, 1.82) is 0 Å². The lowest BCUT2D eigenvalue weighted by Crippen LogP contribution is -2.08. The molecule has 0 aliphatic heterocycles. The monoisotopic (exact) mass is 351 g/mol. The molecule has 21 heavy (non-hydrogen) atoms. The predicted octanol–water partition coefficient (Wildman–Crippen LogP) is 4.71. The van der Waals surface area contributed by atoms with E-state index in [1.165, 1.54) is 37.8 Å². The van der Waals surface area contributed by atoms with E-state index in [9.17, 15) is 4.39 Å². The molecule has 0 atom stereocenters. The minimum Gasteiger partial charge on any atom is -0.383 e. The molecule has 0 unspecified atom stereocenters. The molecule has 0 amide bonds. The zero-order chi connectivity index (χ0) is 15.0. The summed E-state index contributed by atoms with van der Waals surface area (Å²) in [6.07, 6.45) is 4.83. The van der Waals surface area contributed by atoms with E-state index in [1.54, 1.807) is 6.07 Å². The second-order valence-electron chi connectivity index (χ2n) is 5.55. The SMILES string of the molecule is CCn1c(C2CCCC2)nc(-c2cc(F)ccc2Br)c1N. The number of hydrogen-bond acceptors (Lipinski definition) is 2. The zero-order valence-electron chi connectivity index (χ0n) is 12.1. The van der Waals surface area contributed by atoms with E-state index in [0.717, 1.165) is 22.4 Å². The van der Waals surface area contributed by atoms with Crippen molar-refractivity contribution in [2.45, 2.75) is 45.1 Å². The predicted molar refractivity (Wildman–Crippen MR) is 86.6 cm³/mol. The van der Waals surface area contributed by atoms with E-state index in [0.29, 0.717) is 17.4 Å². The Hall–Kier alpha value is -1.36. The van der Waals surface area contributed by atoms with Crippen LogP contribution in [-0.4, -0.2) is 9.55 Å². The van der Waals surface area contributed by atoms with Gasteiger partial charge in [-0.1, -0.05) is 28.8 Å². The summed E-state index contributed by atoms with van der Waals surface area (Å²) in [4.78, 5) is 4.78. The summed E-state index contributed by atoms with van der Waals surface area (Å²) in [6, 6.07) is 4.62. The molecule has 1 heterocycles. The fraction of sp³-hybridized carbons (Fsp3) is 0.438. The van der Waals surface area contributed by atoms with Crippen molar-refractivity contribution < 1.29 is 4.39 Å². The number of imidazole rings is 1. The second-order valence-corrected chi connectivity index (χ2v) is 6.41. The maximum Gasteiger partial charge on any atom is 0.131 e. The van der Waals surface area contributed by atoms with Crippen molar-refractivity contribution in [1.82, 2.24) is 9.55 Å². The Bertz CT molecular complexity index is 660. The molecule has 5 heteroatoms. The highest BCUT2D eigenvalue weighted by Crippen LogP contribution is 2.39. The molecular weight excluding hydrogens is 333 g/mol. The number of hydrogen-bond donors (Lipinski definition) is 1. The first-order valence-corrected chi connectivity index (χ1v) is 8.22. The van der Waals surface area contributed by atoms with E-state index in [2.05, 4.69) is 27.4 Å². The van der Waals surface area contributed by atoms with Gasteiger partial charge in [0, 0.05) is 22.5 Å². The van der Waals surface area contributed by atoms with Gasteiger partial charge in [0.25, 0.3) is 0 Å². The summed E-state index contributed by atoms with van der Waals surface area (Å²) in [5.41, 5.74) is 7.70. The van der Waals surface area contributed by atoms with Crippen molar-refractivity contribution in [2.24, 2.45) is 0 Å². The number of nitrogen functional groups attached to an aromatic ring is 1. The number of anilines is 1. The quantitative estimate of drug-likeness (QED) is 0.869. The molecule has 1 aliphatic rings. The smallest absolute Gasteiger partial charge is 0.131 e. The molecule has 1 fully saturated rings. The first-order valence-electron chi connectivity index (χ1n) is 7.43. The summed E-state index contributed by atoms with van der Waals surface area (Å²) < 4.78 is 16.4. The molecule has 0 saturated heterocycles. The third-order valence-electron chi connectivity index (χ3n) is 4.26. The lowest BCUT2D eigenvalue weighted by molar-refractivity contribution is 0.604. The van der Waals surface area contributed by atoms with Crippen molar-refractivity contribution in [3.8, 4) is 11.3 Å². The summed E-state index contributed by atoms with van der Waals surface area (Å²) in [7, 11) is 0. The van der Waals surface area contributed by atoms with Gasteiger partial charge in [0.2, 0.25) is 0 Å². The van der Waals surface area contributed by atoms with Crippen LogP contribution in [0.5, 0.6) is 0 Å². The van der Waals surface area contributed by atoms with Gasteiger partial charge in [-0.05, 0) is 38.0 Å². The molecule has 2 N–H and O–H groups in total. The van der Waals surface area contributed by atoms with Gasteiger partial charge in [-0.25, -0.2) is 9.37 Å². The first kappa shape index (κ1) is 14.6. The summed E-state index contributed by atoms with van der Waals surface area (Å²) in [6.45, 7) is 2.86. The standard InChI is InChI=1S/C16H19BrFN3/c1-2-21-15(19)14(12-9-11(18)7-8-13(12)17)20-16(21)10-5-3-4-6-10/h7-10H,2-6,19H2,1H3. The lowest BCUT2D eigenvalue weighted by atomic mass is 10.1. The van der Waals surface area contributed by atoms with Gasteiger partial charge in [0.15, 0.2) is 0 Å². The molecule has 3 rings (SSSR count). The summed E-state index contributed by atoms with van der Waals surface area (Å²) in [5.74, 6) is 1.89. The fourth-order valence-electron chi connectivity index (χ4n) is 3.19. The number of nitrogens with zero attached hydrogens (tertiary/aromatic N) is 2. The molecule has 1 aromatic heterocycles. The highest BCUT2D eigenvalue weighted by Gasteiger charge is 2.25. The molecule has 1 aromatic carbocycles. The number of halogens is 2. The highest BCUT2D eigenvalue weighted by molar-refractivity contribution is 9.10. The maximum absolute atomic E-state index is 13.6. The van der Waals surface area contributed by atoms with Crippen LogP contribution < -0.4 is 5.73 Å². The van der Waals surface area contributed by atoms with Crippen molar-refractivity contribution in [3.63, 3.8) is 0 Å². The second kappa shape index (κ2) is 5.79. The highest BCUT2D eigenvalue weighted by atomic mass is 79.9. The van der Waals surface area contributed by atoms with Crippen LogP contribution in [0.3, 0.4) is 0 Å². The average Bonchev–Trinajstić information content (AvgIpc) is 3.09. The molecule has 112 valence electrons. The van der Waals surface area contributed by atoms with Gasteiger partial charge in [-0.3, -0.25) is 0 Å². The molecule has 2 aromatic rings. The van der Waals surface area contributed by atoms with Crippen LogP contribution in [0.1, 0.15) is 44.3 Å². The third-order valence-corrected chi connectivity index (χ3v) is 4.95. The van der Waals surface area contributed by atoms with Gasteiger partial charge in [-0.15, -0.1) is 0 Å². The van der Waals surface area contributed by atoms with Crippen molar-refractivity contribution in [3.05, 3.63) is 34.3 Å². The number of nitrogens with two attached hydrogens (primary N) is 1. The Balaban J connectivity index is 2.12. The third kappa shape index (κ3) is 2.59. The number of benzene rings is 1. The number of rotatable bonds is 3. The van der Waals surface area contributed by atoms with Crippen LogP contribution in [-0.2, 0) is 6.54 Å². The van der Waals surface area contributed by atoms with Crippen LogP contribution in [0, 0.1) is 5.82 Å². The normalized spacial score (nSPS) is 15.8. The number of aromatic nitrogens is 2. The van der Waals surface area contributed by atoms with Crippen LogP contribution >= 0.6 is 15.9 Å². The molecule has 3 nitrogen and oxygen atoms in total. The van der Waals surface area contributed by atoms with Crippen molar-refractivity contribution in [2.75, 3.05) is 5.73 Å². The molecule has 1 aliphatic carbocycles. The molecule has 0 radical (unpaired) electrons. The maximum atomic E-state index is 13.6. The molecule has 1 saturated carbocycles. The Morgan fingerprint density at radius 3 is 2.76 bits per heavy atom. The van der Waals surface area contributed by atoms with Crippen LogP contribution in [0.2, 0.25) is 0 Å². The minimum absolute atomic E-state index is 0.277. The molecule has 0 bridgehead atoms. The largest absolute Gasteiger partial charge is 0.383 e. The molecular formula is C16H19BrFN3. The molecule has 0 spiro atoms. The lowest BCUT2D eigenvalue weighted by Gasteiger charge is -2.11. The van der Waals surface area contributed by atoms with Crippen LogP contribution in [0.15, 0.2) is 22.7 Å². The summed E-state index contributed by atoms with van der Waals surface area (Å²) in [5, 5.41) is 0. The first-order chi connectivity index (χ1) is 10.1. The van der Waals surface area contributed by atoms with E-state index in [4.69, 9.17) is 10.7 Å². The van der Waals surface area contributed by atoms with Crippen LogP contribution in [0.4, 0.5) is 10.2 Å². The Labute approximate surface area is 132 Å². The van der Waals surface area contributed by atoms with Crippen LogP contribution in [0.25, 0.3) is 11.3 Å². The van der Waals surface area contributed by atoms with Crippen molar-refractivity contribution >= 4 is 21.7 Å². The Kier molecular flexibility index (Phi) is 4.02. The Morgan fingerprint density at radius 1 is 1.38 bits per heavy atom. The van der Waals surface area contributed by atoms with E-state index < -0.39 is 0 Å². The van der Waals surface area contributed by atoms with Gasteiger partial charge in [0.05, 0.1) is 0 Å². The van der Waals surface area contributed by atoms with E-state index in [-0.39, 0.29) is 5.82 Å². The topological polar surface area (TPSA) is 43.8 Å². The average molecular weight is 352 g/mol. The summed E-state index contributed by atoms with van der Waals surface area (Å²) >= 11 is 3.47.